The molecule has 1 N–H and O–H groups in total. The van der Waals surface area contributed by atoms with Gasteiger partial charge in [-0.2, -0.15) is 0 Å². The molecule has 0 aromatic heterocycles. The monoisotopic (exact) mass is 630 g/mol. The number of amides is 1. The minimum Gasteiger partial charge on any atom is -0.454 e. The number of ether oxygens (including phenoxy) is 1. The summed E-state index contributed by atoms with van der Waals surface area (Å²) in [7, 11) is -3.96. The predicted octanol–water partition coefficient (Wildman–Crippen LogP) is 6.22. The van der Waals surface area contributed by atoms with Crippen molar-refractivity contribution in [2.24, 2.45) is 0 Å². The van der Waals surface area contributed by atoms with Crippen LogP contribution in [0.4, 0.5) is 5.69 Å². The van der Waals surface area contributed by atoms with E-state index in [1.807, 2.05) is 4.90 Å². The van der Waals surface area contributed by atoms with E-state index in [9.17, 15) is 13.2 Å². The Balaban J connectivity index is 1.15. The van der Waals surface area contributed by atoms with E-state index in [4.69, 9.17) is 27.9 Å². The van der Waals surface area contributed by atoms with Gasteiger partial charge in [0.05, 0.1) is 15.6 Å². The second-order valence-electron chi connectivity index (χ2n) is 10.7. The van der Waals surface area contributed by atoms with Crippen LogP contribution < -0.4 is 9.46 Å². The third kappa shape index (κ3) is 7.96. The number of anilines is 1. The van der Waals surface area contributed by atoms with E-state index in [0.29, 0.717) is 34.4 Å². The van der Waals surface area contributed by atoms with E-state index in [1.54, 1.807) is 54.6 Å². The number of piperazine rings is 1. The van der Waals surface area contributed by atoms with Crippen molar-refractivity contribution < 1.29 is 17.9 Å². The normalized spacial score (nSPS) is 16.8. The Bertz CT molecular complexity index is 1470. The molecule has 0 unspecified atom stereocenters. The molecule has 8 nitrogen and oxygen atoms in total. The first kappa shape index (κ1) is 30.6. The molecular formula is C31H36Cl2N4O4S. The van der Waals surface area contributed by atoms with E-state index in [0.717, 1.165) is 32.6 Å². The van der Waals surface area contributed by atoms with Gasteiger partial charge in [0.1, 0.15) is 5.75 Å². The quantitative estimate of drug-likeness (QED) is 0.286. The summed E-state index contributed by atoms with van der Waals surface area (Å²) in [6, 6.07) is 17.5. The first-order valence-corrected chi connectivity index (χ1v) is 16.6. The van der Waals surface area contributed by atoms with Crippen LogP contribution in [0.2, 0.25) is 10.0 Å². The van der Waals surface area contributed by atoms with Crippen LogP contribution in [0.25, 0.3) is 0 Å². The van der Waals surface area contributed by atoms with E-state index >= 15 is 0 Å². The lowest BCUT2D eigenvalue weighted by atomic mass is 10.1. The molecule has 11 heteroatoms. The summed E-state index contributed by atoms with van der Waals surface area (Å²) in [6.07, 6.45) is 5.14. The molecule has 224 valence electrons. The van der Waals surface area contributed by atoms with Crippen molar-refractivity contribution in [2.75, 3.05) is 57.1 Å². The highest BCUT2D eigenvalue weighted by Gasteiger charge is 2.23. The van der Waals surface area contributed by atoms with Gasteiger partial charge >= 0.3 is 0 Å². The molecule has 2 fully saturated rings. The number of nitrogens with one attached hydrogen (secondary N) is 1. The number of likely N-dealkylation sites (tertiary alicyclic amines) is 1. The van der Waals surface area contributed by atoms with Gasteiger partial charge in [0, 0.05) is 36.8 Å². The largest absolute Gasteiger partial charge is 0.454 e. The highest BCUT2D eigenvalue weighted by atomic mass is 35.5. The molecule has 0 aliphatic carbocycles. The maximum Gasteiger partial charge on any atom is 0.262 e. The van der Waals surface area contributed by atoms with Crippen LogP contribution in [0.1, 0.15) is 36.0 Å². The number of benzene rings is 3. The Morgan fingerprint density at radius 2 is 1.45 bits per heavy atom. The van der Waals surface area contributed by atoms with Gasteiger partial charge < -0.3 is 14.5 Å². The Kier molecular flexibility index (Phi) is 10.3. The summed E-state index contributed by atoms with van der Waals surface area (Å²) < 4.78 is 34.9. The SMILES string of the molecule is O=C(c1ccc(S(=O)(=O)Nc2ccccc2Oc2ccc(Cl)cc2Cl)cc1)N1CCN(CCCN2CCCCC2)CC1. The molecule has 0 spiro atoms. The second kappa shape index (κ2) is 14.1. The lowest BCUT2D eigenvalue weighted by molar-refractivity contribution is 0.0630. The Morgan fingerprint density at radius 1 is 0.786 bits per heavy atom. The molecule has 2 heterocycles. The Hall–Kier alpha value is -2.82. The molecule has 1 amide bonds. The standard InChI is InChI=1S/C31H36Cl2N4O4S/c32-25-11-14-29(27(33)23-25)41-30-8-3-2-7-28(30)34-42(39,40)26-12-9-24(10-13-26)31(38)37-21-19-36(20-22-37)18-6-17-35-15-4-1-5-16-35/h2-3,7-14,23,34H,1,4-6,15-22H2. The van der Waals surface area contributed by atoms with Crippen LogP contribution in [0.15, 0.2) is 71.6 Å². The molecule has 5 rings (SSSR count). The maximum absolute atomic E-state index is 13.2. The van der Waals surface area contributed by atoms with Crippen LogP contribution in [-0.4, -0.2) is 81.4 Å². The number of hydrogen-bond acceptors (Lipinski definition) is 6. The average molecular weight is 632 g/mol. The molecule has 2 saturated heterocycles. The number of carbonyl (C=O) groups excluding carboxylic acids is 1. The first-order valence-electron chi connectivity index (χ1n) is 14.4. The molecule has 0 atom stereocenters. The summed E-state index contributed by atoms with van der Waals surface area (Å²) in [5, 5.41) is 0.763. The number of nitrogens with zero attached hydrogens (tertiary/aromatic N) is 3. The number of para-hydroxylation sites is 2. The van der Waals surface area contributed by atoms with Crippen molar-refractivity contribution in [3.8, 4) is 11.5 Å². The molecule has 0 bridgehead atoms. The van der Waals surface area contributed by atoms with E-state index < -0.39 is 10.0 Å². The number of hydrogen-bond donors (Lipinski definition) is 1. The predicted molar refractivity (Wildman–Crippen MR) is 167 cm³/mol. The lowest BCUT2D eigenvalue weighted by Crippen LogP contribution is -2.49. The van der Waals surface area contributed by atoms with Gasteiger partial charge in [-0.1, -0.05) is 41.8 Å². The number of halogens is 2. The molecular weight excluding hydrogens is 595 g/mol. The third-order valence-corrected chi connectivity index (χ3v) is 9.63. The van der Waals surface area contributed by atoms with Gasteiger partial charge in [0.25, 0.3) is 15.9 Å². The molecule has 42 heavy (non-hydrogen) atoms. The van der Waals surface area contributed by atoms with Crippen molar-refractivity contribution in [1.82, 2.24) is 14.7 Å². The molecule has 0 radical (unpaired) electrons. The minimum absolute atomic E-state index is 0.0388. The van der Waals surface area contributed by atoms with Crippen LogP contribution in [0.5, 0.6) is 11.5 Å². The fraction of sp³-hybridized carbons (Fsp3) is 0.387. The molecule has 2 aliphatic rings. The van der Waals surface area contributed by atoms with Crippen molar-refractivity contribution >= 4 is 44.8 Å². The Labute approximate surface area is 258 Å². The molecule has 2 aliphatic heterocycles. The summed E-state index contributed by atoms with van der Waals surface area (Å²) >= 11 is 12.2. The second-order valence-corrected chi connectivity index (χ2v) is 13.2. The fourth-order valence-corrected chi connectivity index (χ4v) is 6.87. The summed E-state index contributed by atoms with van der Waals surface area (Å²) in [5.41, 5.74) is 0.714. The topological polar surface area (TPSA) is 82.2 Å². The van der Waals surface area contributed by atoms with Crippen molar-refractivity contribution in [3.63, 3.8) is 0 Å². The Morgan fingerprint density at radius 3 is 2.14 bits per heavy atom. The maximum atomic E-state index is 13.2. The smallest absolute Gasteiger partial charge is 0.262 e. The third-order valence-electron chi connectivity index (χ3n) is 7.71. The van der Waals surface area contributed by atoms with Crippen molar-refractivity contribution in [2.45, 2.75) is 30.6 Å². The summed E-state index contributed by atoms with van der Waals surface area (Å²) in [6.45, 7) is 7.68. The zero-order valence-corrected chi connectivity index (χ0v) is 25.8. The van der Waals surface area contributed by atoms with Gasteiger partial charge in [0.2, 0.25) is 0 Å². The van der Waals surface area contributed by atoms with Crippen molar-refractivity contribution in [1.29, 1.82) is 0 Å². The summed E-state index contributed by atoms with van der Waals surface area (Å²) in [4.78, 5) is 20.0. The zero-order valence-electron chi connectivity index (χ0n) is 23.5. The lowest BCUT2D eigenvalue weighted by Gasteiger charge is -2.35. The van der Waals surface area contributed by atoms with Crippen LogP contribution in [0.3, 0.4) is 0 Å². The molecule has 3 aromatic rings. The minimum atomic E-state index is -3.96. The molecule has 3 aromatic carbocycles. The fourth-order valence-electron chi connectivity index (χ4n) is 5.35. The highest BCUT2D eigenvalue weighted by Crippen LogP contribution is 2.35. The van der Waals surface area contributed by atoms with Gasteiger partial charge in [-0.05, 0) is 100 Å². The number of sulfonamides is 1. The van der Waals surface area contributed by atoms with Gasteiger partial charge in [-0.25, -0.2) is 8.42 Å². The average Bonchev–Trinajstić information content (AvgIpc) is 3.00. The van der Waals surface area contributed by atoms with E-state index in [-0.39, 0.29) is 22.2 Å². The number of piperidine rings is 1. The zero-order chi connectivity index (χ0) is 29.5. The number of carbonyl (C=O) groups is 1. The first-order chi connectivity index (χ1) is 20.3. The number of rotatable bonds is 10. The van der Waals surface area contributed by atoms with Crippen LogP contribution in [-0.2, 0) is 10.0 Å². The highest BCUT2D eigenvalue weighted by molar-refractivity contribution is 7.92. The van der Waals surface area contributed by atoms with Gasteiger partial charge in [0.15, 0.2) is 5.75 Å². The van der Waals surface area contributed by atoms with Crippen LogP contribution in [0, 0.1) is 0 Å². The van der Waals surface area contributed by atoms with E-state index in [1.165, 1.54) is 44.5 Å². The van der Waals surface area contributed by atoms with Gasteiger partial charge in [-0.15, -0.1) is 0 Å². The van der Waals surface area contributed by atoms with Gasteiger partial charge in [-0.3, -0.25) is 14.4 Å². The van der Waals surface area contributed by atoms with Crippen LogP contribution >= 0.6 is 23.2 Å². The van der Waals surface area contributed by atoms with E-state index in [2.05, 4.69) is 14.5 Å². The molecule has 0 saturated carbocycles. The summed E-state index contributed by atoms with van der Waals surface area (Å²) in [5.74, 6) is 0.537. The van der Waals surface area contributed by atoms with Crippen molar-refractivity contribution in [3.05, 3.63) is 82.3 Å².